The summed E-state index contributed by atoms with van der Waals surface area (Å²) in [5.41, 5.74) is -3.95. The zero-order chi connectivity index (χ0) is 16.7. The largest absolute Gasteiger partial charge is 0.391 e. The summed E-state index contributed by atoms with van der Waals surface area (Å²) in [4.78, 5) is 25.3. The maximum absolute atomic E-state index is 15.2. The number of ether oxygens (including phenoxy) is 1. The molecule has 2 rings (SSSR count). The molecule has 2 heterocycles. The second-order valence-corrected chi connectivity index (χ2v) is 5.23. The Labute approximate surface area is 125 Å². The number of nitrogens with zero attached hydrogens (tertiary/aromatic N) is 1. The Balaban J connectivity index is 2.64. The molecule has 8 heteroatoms. The Kier molecular flexibility index (Phi) is 4.24. The maximum Gasteiger partial charge on any atom is 0.330 e. The van der Waals surface area contributed by atoms with Crippen molar-refractivity contribution in [3.05, 3.63) is 32.6 Å². The zero-order valence-corrected chi connectivity index (χ0v) is 12.3. The zero-order valence-electron chi connectivity index (χ0n) is 12.3. The average Bonchev–Trinajstić information content (AvgIpc) is 2.63. The summed E-state index contributed by atoms with van der Waals surface area (Å²) in [6.07, 6.45) is -5.76. The van der Waals surface area contributed by atoms with Crippen molar-refractivity contribution >= 4 is 0 Å². The van der Waals surface area contributed by atoms with Crippen LogP contribution < -0.4 is 11.2 Å². The highest BCUT2D eigenvalue weighted by Crippen LogP contribution is 2.42. The van der Waals surface area contributed by atoms with E-state index in [9.17, 15) is 19.8 Å². The number of halogens is 1. The summed E-state index contributed by atoms with van der Waals surface area (Å²) in [7, 11) is 0. The molecule has 1 fully saturated rings. The van der Waals surface area contributed by atoms with E-state index in [2.05, 4.69) is 11.8 Å². The summed E-state index contributed by atoms with van der Waals surface area (Å²) < 4.78 is 21.4. The summed E-state index contributed by atoms with van der Waals surface area (Å²) >= 11 is 0. The van der Waals surface area contributed by atoms with E-state index in [1.165, 1.54) is 20.8 Å². The molecule has 0 saturated carbocycles. The van der Waals surface area contributed by atoms with Crippen molar-refractivity contribution in [2.45, 2.75) is 51.0 Å². The van der Waals surface area contributed by atoms with Crippen molar-refractivity contribution in [2.24, 2.45) is 0 Å². The second-order valence-electron chi connectivity index (χ2n) is 5.23. The average molecular weight is 312 g/mol. The first-order chi connectivity index (χ1) is 10.2. The van der Waals surface area contributed by atoms with Crippen molar-refractivity contribution in [1.82, 2.24) is 9.55 Å². The molecule has 120 valence electrons. The number of aliphatic hydroxyl groups is 2. The van der Waals surface area contributed by atoms with Crippen LogP contribution in [0.25, 0.3) is 0 Å². The lowest BCUT2D eigenvalue weighted by Crippen LogP contribution is -2.46. The van der Waals surface area contributed by atoms with E-state index in [0.29, 0.717) is 0 Å². The Morgan fingerprint density at radius 1 is 1.55 bits per heavy atom. The predicted octanol–water partition coefficient (Wildman–Crippen LogP) is -0.784. The molecule has 5 atom stereocenters. The van der Waals surface area contributed by atoms with Crippen LogP contribution in [0.15, 0.2) is 15.7 Å². The third-order valence-electron chi connectivity index (χ3n) is 3.58. The van der Waals surface area contributed by atoms with Gasteiger partial charge in [0, 0.05) is 11.8 Å². The highest BCUT2D eigenvalue weighted by atomic mass is 19.1. The Bertz CT molecular complexity index is 744. The predicted molar refractivity (Wildman–Crippen MR) is 74.9 cm³/mol. The van der Waals surface area contributed by atoms with Crippen molar-refractivity contribution in [1.29, 1.82) is 0 Å². The minimum Gasteiger partial charge on any atom is -0.391 e. The van der Waals surface area contributed by atoms with Crippen LogP contribution in [0.2, 0.25) is 0 Å². The Morgan fingerprint density at radius 3 is 2.68 bits per heavy atom. The van der Waals surface area contributed by atoms with E-state index in [1.54, 1.807) is 0 Å². The van der Waals surface area contributed by atoms with Gasteiger partial charge in [-0.2, -0.15) is 0 Å². The van der Waals surface area contributed by atoms with Gasteiger partial charge in [-0.05, 0) is 20.8 Å². The summed E-state index contributed by atoms with van der Waals surface area (Å²) in [5.74, 6) is 4.57. The van der Waals surface area contributed by atoms with Crippen molar-refractivity contribution < 1.29 is 19.3 Å². The molecule has 1 aliphatic heterocycles. The number of aromatic nitrogens is 2. The van der Waals surface area contributed by atoms with Crippen LogP contribution in [0.4, 0.5) is 4.39 Å². The van der Waals surface area contributed by atoms with Crippen molar-refractivity contribution in [3.8, 4) is 11.8 Å². The first-order valence-electron chi connectivity index (χ1n) is 6.69. The van der Waals surface area contributed by atoms with Crippen LogP contribution in [-0.4, -0.2) is 43.7 Å². The van der Waals surface area contributed by atoms with Gasteiger partial charge in [0.05, 0.1) is 6.10 Å². The lowest BCUT2D eigenvalue weighted by molar-refractivity contribution is -0.0809. The normalized spacial score (nSPS) is 32.4. The quantitative estimate of drug-likeness (QED) is 0.621. The summed E-state index contributed by atoms with van der Waals surface area (Å²) in [5, 5.41) is 19.8. The van der Waals surface area contributed by atoms with Gasteiger partial charge >= 0.3 is 5.69 Å². The molecule has 1 saturated heterocycles. The Hall–Kier alpha value is -1.95. The van der Waals surface area contributed by atoms with Crippen LogP contribution in [-0.2, 0) is 4.74 Å². The minimum absolute atomic E-state index is 0.150. The van der Waals surface area contributed by atoms with Crippen LogP contribution in [0.1, 0.15) is 25.8 Å². The number of aliphatic hydroxyl groups excluding tert-OH is 2. The van der Waals surface area contributed by atoms with Crippen LogP contribution in [0.3, 0.4) is 0 Å². The lowest BCUT2D eigenvalue weighted by Gasteiger charge is -2.25. The number of alkyl halides is 1. The molecule has 0 aromatic carbocycles. The van der Waals surface area contributed by atoms with Gasteiger partial charge in [-0.3, -0.25) is 14.3 Å². The number of rotatable bonds is 2. The fraction of sp³-hybridized carbons (Fsp3) is 0.571. The minimum atomic E-state index is -2.59. The maximum atomic E-state index is 15.2. The molecule has 0 amide bonds. The fourth-order valence-electron chi connectivity index (χ4n) is 2.57. The molecule has 0 spiro atoms. The lowest BCUT2D eigenvalue weighted by atomic mass is 9.94. The molecule has 0 bridgehead atoms. The van der Waals surface area contributed by atoms with Gasteiger partial charge in [-0.25, -0.2) is 9.18 Å². The summed E-state index contributed by atoms with van der Waals surface area (Å²) in [6, 6.07) is 1.10. The van der Waals surface area contributed by atoms with Gasteiger partial charge in [0.25, 0.3) is 5.56 Å². The molecule has 1 aliphatic rings. The van der Waals surface area contributed by atoms with Crippen molar-refractivity contribution in [2.75, 3.05) is 0 Å². The highest BCUT2D eigenvalue weighted by Gasteiger charge is 2.59. The third kappa shape index (κ3) is 2.47. The van der Waals surface area contributed by atoms with E-state index in [1.807, 2.05) is 4.98 Å². The van der Waals surface area contributed by atoms with Gasteiger partial charge in [0.2, 0.25) is 5.67 Å². The second kappa shape index (κ2) is 5.68. The topological polar surface area (TPSA) is 105 Å². The SMILES string of the molecule is CC#CC1(F)[C@@H](O)[C@@H]([C@H](C)O)O[C@H]1n1c(C)cc(=O)[nH]c1=O. The molecule has 1 aromatic rings. The first-order valence-corrected chi connectivity index (χ1v) is 6.69. The van der Waals surface area contributed by atoms with Crippen LogP contribution in [0.5, 0.6) is 0 Å². The number of hydrogen-bond donors (Lipinski definition) is 3. The molecule has 7 nitrogen and oxygen atoms in total. The van der Waals surface area contributed by atoms with Crippen LogP contribution >= 0.6 is 0 Å². The highest BCUT2D eigenvalue weighted by molar-refractivity contribution is 5.23. The molecular formula is C14H17FN2O5. The van der Waals surface area contributed by atoms with E-state index in [4.69, 9.17) is 4.74 Å². The van der Waals surface area contributed by atoms with Gasteiger partial charge in [0.15, 0.2) is 6.23 Å². The van der Waals surface area contributed by atoms with E-state index >= 15 is 4.39 Å². The number of nitrogens with one attached hydrogen (secondary N) is 1. The van der Waals surface area contributed by atoms with Crippen LogP contribution in [0, 0.1) is 18.8 Å². The summed E-state index contributed by atoms with van der Waals surface area (Å²) in [6.45, 7) is 4.14. The van der Waals surface area contributed by atoms with E-state index in [-0.39, 0.29) is 5.69 Å². The molecule has 22 heavy (non-hydrogen) atoms. The van der Waals surface area contributed by atoms with Gasteiger partial charge in [-0.1, -0.05) is 5.92 Å². The number of aromatic amines is 1. The third-order valence-corrected chi connectivity index (χ3v) is 3.58. The molecular weight excluding hydrogens is 295 g/mol. The fourth-order valence-corrected chi connectivity index (χ4v) is 2.57. The Morgan fingerprint density at radius 2 is 2.18 bits per heavy atom. The number of H-pyrrole nitrogens is 1. The number of hydrogen-bond acceptors (Lipinski definition) is 5. The van der Waals surface area contributed by atoms with Gasteiger partial charge in [-0.15, -0.1) is 5.92 Å². The van der Waals surface area contributed by atoms with Crippen molar-refractivity contribution in [3.63, 3.8) is 0 Å². The molecule has 1 aromatic heterocycles. The monoisotopic (exact) mass is 312 g/mol. The van der Waals surface area contributed by atoms with Gasteiger partial charge in [0.1, 0.15) is 12.2 Å². The molecule has 3 N–H and O–H groups in total. The van der Waals surface area contributed by atoms with E-state index in [0.717, 1.165) is 10.6 Å². The first kappa shape index (κ1) is 16.4. The standard InChI is InChI=1S/C14H17FN2O5/c1-4-5-14(15)11(20)10(8(3)18)22-12(14)17-7(2)6-9(19)16-13(17)21/h6,8,10-12,18,20H,1-3H3,(H,16,19,21)/t8-,10+,11-,12+,14?/m0/s1. The smallest absolute Gasteiger partial charge is 0.330 e. The van der Waals surface area contributed by atoms with Gasteiger partial charge < -0.3 is 14.9 Å². The molecule has 1 unspecified atom stereocenters. The number of aryl methyl sites for hydroxylation is 1. The van der Waals surface area contributed by atoms with E-state index < -0.39 is 41.5 Å². The molecule has 0 radical (unpaired) electrons. The molecule has 0 aliphatic carbocycles.